The van der Waals surface area contributed by atoms with Crippen LogP contribution < -0.4 is 16.8 Å². The highest BCUT2D eigenvalue weighted by Gasteiger charge is 2.33. The molecule has 180 valence electrons. The molecule has 4 aromatic rings. The number of fused-ring (bicyclic) bond motifs is 2. The molecule has 0 radical (unpaired) electrons. The molecule has 1 aromatic carbocycles. The second kappa shape index (κ2) is 7.93. The number of hydrogen-bond acceptors (Lipinski definition) is 7. The van der Waals surface area contributed by atoms with E-state index in [1.165, 1.54) is 12.4 Å². The monoisotopic (exact) mass is 474 g/mol. The summed E-state index contributed by atoms with van der Waals surface area (Å²) in [6.07, 6.45) is 5.31. The molecular formula is C25H27FN8O. The van der Waals surface area contributed by atoms with E-state index in [-0.39, 0.29) is 23.7 Å². The number of pyridine rings is 2. The van der Waals surface area contributed by atoms with Gasteiger partial charge in [0.05, 0.1) is 17.6 Å². The number of rotatable bonds is 3. The zero-order valence-electron chi connectivity index (χ0n) is 20.1. The van der Waals surface area contributed by atoms with Gasteiger partial charge in [0.25, 0.3) is 0 Å². The van der Waals surface area contributed by atoms with E-state index >= 15 is 4.39 Å². The first kappa shape index (κ1) is 22.6. The largest absolute Gasteiger partial charge is 0.397 e. The summed E-state index contributed by atoms with van der Waals surface area (Å²) < 4.78 is 16.9. The lowest BCUT2D eigenvalue weighted by Gasteiger charge is -2.33. The Balaban J connectivity index is 1.52. The van der Waals surface area contributed by atoms with Crippen molar-refractivity contribution in [1.29, 1.82) is 0 Å². The molecular weight excluding hydrogens is 447 g/mol. The first-order valence-electron chi connectivity index (χ1n) is 11.2. The molecule has 0 fully saturated rings. The molecule has 0 aliphatic carbocycles. The van der Waals surface area contributed by atoms with E-state index in [1.54, 1.807) is 27.9 Å². The van der Waals surface area contributed by atoms with E-state index < -0.39 is 5.82 Å². The van der Waals surface area contributed by atoms with Crippen LogP contribution in [-0.2, 0) is 17.8 Å². The molecule has 10 heteroatoms. The first-order chi connectivity index (χ1) is 16.5. The molecule has 0 saturated carbocycles. The number of hydrogen-bond donors (Lipinski definition) is 3. The topological polar surface area (TPSA) is 128 Å². The molecule has 0 unspecified atom stereocenters. The van der Waals surface area contributed by atoms with Crippen molar-refractivity contribution in [3.8, 4) is 11.1 Å². The lowest BCUT2D eigenvalue weighted by atomic mass is 9.97. The van der Waals surface area contributed by atoms with Crippen molar-refractivity contribution < 1.29 is 9.18 Å². The van der Waals surface area contributed by atoms with E-state index in [2.05, 4.69) is 20.4 Å². The summed E-state index contributed by atoms with van der Waals surface area (Å²) in [5, 5.41) is 8.98. The van der Waals surface area contributed by atoms with Crippen LogP contribution in [0.15, 0.2) is 36.8 Å². The van der Waals surface area contributed by atoms with Crippen molar-refractivity contribution in [2.75, 3.05) is 23.8 Å². The van der Waals surface area contributed by atoms with Gasteiger partial charge in [-0.15, -0.1) is 0 Å². The summed E-state index contributed by atoms with van der Waals surface area (Å²) in [5.74, 6) is 0.563. The Labute approximate surface area is 202 Å². The Kier molecular flexibility index (Phi) is 5.12. The third-order valence-electron chi connectivity index (χ3n) is 6.84. The standard InChI is InChI=1S/C25H27FN8O/c1-13-17(9-29-11-19(13)27)16-5-14-6-20(30-10-18(14)24(28)23(16)26)31-21-7-15-8-25(2,3)33(4)22(35)12-34(15)32-21/h5-7,9-11H,8,12,27-28H2,1-4H3,(H,30,31,32). The number of nitrogen functional groups attached to an aromatic ring is 2. The Morgan fingerprint density at radius 1 is 1.09 bits per heavy atom. The number of amides is 1. The van der Waals surface area contributed by atoms with Gasteiger partial charge in [-0.1, -0.05) is 0 Å². The zero-order valence-corrected chi connectivity index (χ0v) is 20.1. The molecule has 1 aliphatic heterocycles. The number of benzene rings is 1. The van der Waals surface area contributed by atoms with Crippen LogP contribution in [0.4, 0.5) is 27.4 Å². The third kappa shape index (κ3) is 3.80. The van der Waals surface area contributed by atoms with Crippen LogP contribution in [0.1, 0.15) is 25.1 Å². The second-order valence-corrected chi connectivity index (χ2v) is 9.59. The van der Waals surface area contributed by atoms with Crippen LogP contribution in [0.25, 0.3) is 21.9 Å². The molecule has 5 N–H and O–H groups in total. The molecule has 3 aromatic heterocycles. The van der Waals surface area contributed by atoms with Crippen LogP contribution in [0.2, 0.25) is 0 Å². The minimum atomic E-state index is -0.536. The summed E-state index contributed by atoms with van der Waals surface area (Å²) >= 11 is 0. The Bertz CT molecular complexity index is 1490. The number of nitrogens with one attached hydrogen (secondary N) is 1. The smallest absolute Gasteiger partial charge is 0.244 e. The van der Waals surface area contributed by atoms with Crippen molar-refractivity contribution in [3.05, 3.63) is 53.9 Å². The van der Waals surface area contributed by atoms with Gasteiger partial charge in [0.2, 0.25) is 5.91 Å². The maximum atomic E-state index is 15.2. The average molecular weight is 475 g/mol. The van der Waals surface area contributed by atoms with Gasteiger partial charge in [-0.05, 0) is 43.9 Å². The number of anilines is 4. The molecule has 4 heterocycles. The summed E-state index contributed by atoms with van der Waals surface area (Å²) in [6.45, 7) is 6.06. The number of nitrogens with two attached hydrogens (primary N) is 2. The van der Waals surface area contributed by atoms with Gasteiger partial charge in [-0.2, -0.15) is 5.10 Å². The van der Waals surface area contributed by atoms with E-state index in [9.17, 15) is 4.79 Å². The quantitative estimate of drug-likeness (QED) is 0.387. The minimum Gasteiger partial charge on any atom is -0.397 e. The van der Waals surface area contributed by atoms with Crippen LogP contribution in [-0.4, -0.2) is 43.1 Å². The van der Waals surface area contributed by atoms with Crippen LogP contribution in [0, 0.1) is 12.7 Å². The number of likely N-dealkylation sites (N-methyl/N-ethyl adjacent to an activating group) is 1. The average Bonchev–Trinajstić information content (AvgIpc) is 3.13. The number of aromatic nitrogens is 4. The van der Waals surface area contributed by atoms with Crippen molar-refractivity contribution >= 4 is 39.7 Å². The number of halogens is 1. The van der Waals surface area contributed by atoms with Gasteiger partial charge in [0, 0.05) is 59.7 Å². The Morgan fingerprint density at radius 3 is 2.63 bits per heavy atom. The number of carbonyl (C=O) groups excluding carboxylic acids is 1. The molecule has 1 amide bonds. The van der Waals surface area contributed by atoms with Gasteiger partial charge in [0.1, 0.15) is 12.4 Å². The normalized spacial score (nSPS) is 15.2. The van der Waals surface area contributed by atoms with Crippen LogP contribution in [0.3, 0.4) is 0 Å². The van der Waals surface area contributed by atoms with E-state index in [0.29, 0.717) is 45.6 Å². The molecule has 0 saturated heterocycles. The fourth-order valence-corrected chi connectivity index (χ4v) is 4.44. The van der Waals surface area contributed by atoms with Gasteiger partial charge in [-0.25, -0.2) is 9.37 Å². The molecule has 9 nitrogen and oxygen atoms in total. The Hall–Kier alpha value is -4.21. The summed E-state index contributed by atoms with van der Waals surface area (Å²) in [5.41, 5.74) is 14.9. The van der Waals surface area contributed by atoms with Crippen molar-refractivity contribution in [3.63, 3.8) is 0 Å². The second-order valence-electron chi connectivity index (χ2n) is 9.59. The molecule has 0 spiro atoms. The SMILES string of the molecule is Cc1c(N)cncc1-c1cc2cc(Nc3cc4n(n3)CC(=O)N(C)C(C)(C)C4)ncc2c(N)c1F. The maximum Gasteiger partial charge on any atom is 0.244 e. The van der Waals surface area contributed by atoms with Crippen molar-refractivity contribution in [2.45, 2.75) is 39.3 Å². The van der Waals surface area contributed by atoms with E-state index in [4.69, 9.17) is 11.5 Å². The summed E-state index contributed by atoms with van der Waals surface area (Å²) in [6, 6.07) is 5.43. The van der Waals surface area contributed by atoms with E-state index in [1.807, 2.05) is 33.9 Å². The first-order valence-corrected chi connectivity index (χ1v) is 11.2. The fourth-order valence-electron chi connectivity index (χ4n) is 4.44. The van der Waals surface area contributed by atoms with Crippen LogP contribution in [0.5, 0.6) is 0 Å². The van der Waals surface area contributed by atoms with Gasteiger partial charge >= 0.3 is 0 Å². The molecule has 5 rings (SSSR count). The van der Waals surface area contributed by atoms with Gasteiger partial charge in [-0.3, -0.25) is 14.5 Å². The molecule has 0 bridgehead atoms. The molecule has 35 heavy (non-hydrogen) atoms. The fraction of sp³-hybridized carbons (Fsp3) is 0.280. The summed E-state index contributed by atoms with van der Waals surface area (Å²) in [4.78, 5) is 22.8. The highest BCUT2D eigenvalue weighted by atomic mass is 19.1. The lowest BCUT2D eigenvalue weighted by Crippen LogP contribution is -2.45. The molecule has 0 atom stereocenters. The van der Waals surface area contributed by atoms with Gasteiger partial charge < -0.3 is 21.7 Å². The van der Waals surface area contributed by atoms with E-state index in [0.717, 1.165) is 11.3 Å². The maximum absolute atomic E-state index is 15.2. The highest BCUT2D eigenvalue weighted by Crippen LogP contribution is 2.36. The zero-order chi connectivity index (χ0) is 25.1. The van der Waals surface area contributed by atoms with Crippen molar-refractivity contribution in [1.82, 2.24) is 24.6 Å². The summed E-state index contributed by atoms with van der Waals surface area (Å²) in [7, 11) is 1.82. The lowest BCUT2D eigenvalue weighted by molar-refractivity contribution is -0.134. The van der Waals surface area contributed by atoms with Gasteiger partial charge in [0.15, 0.2) is 11.6 Å². The van der Waals surface area contributed by atoms with Crippen molar-refractivity contribution in [2.24, 2.45) is 0 Å². The predicted molar refractivity (Wildman–Crippen MR) is 135 cm³/mol. The predicted octanol–water partition coefficient (Wildman–Crippen LogP) is 3.64. The number of carbonyl (C=O) groups is 1. The minimum absolute atomic E-state index is 0.00333. The highest BCUT2D eigenvalue weighted by molar-refractivity contribution is 5.98. The third-order valence-corrected chi connectivity index (χ3v) is 6.84. The Morgan fingerprint density at radius 2 is 1.86 bits per heavy atom. The van der Waals surface area contributed by atoms with Crippen LogP contribution >= 0.6 is 0 Å². The molecule has 1 aliphatic rings. The number of nitrogens with zero attached hydrogens (tertiary/aromatic N) is 5.